The first-order chi connectivity index (χ1) is 9.74. The Bertz CT molecular complexity index is 502. The molecule has 0 aliphatic carbocycles. The maximum atomic E-state index is 11.6. The van der Waals surface area contributed by atoms with Crippen molar-refractivity contribution in [3.05, 3.63) is 29.8 Å². The van der Waals surface area contributed by atoms with Crippen LogP contribution in [0.3, 0.4) is 0 Å². The highest BCUT2D eigenvalue weighted by molar-refractivity contribution is 5.67. The maximum Gasteiger partial charge on any atom is 0.409 e. The number of anilines is 1. The topological polar surface area (TPSA) is 65.4 Å². The van der Waals surface area contributed by atoms with Crippen LogP contribution in [0.1, 0.15) is 25.3 Å². The molecule has 1 aliphatic heterocycles. The van der Waals surface area contributed by atoms with Gasteiger partial charge in [0.2, 0.25) is 0 Å². The van der Waals surface area contributed by atoms with Crippen LogP contribution in [0.2, 0.25) is 0 Å². The van der Waals surface area contributed by atoms with E-state index in [2.05, 4.69) is 11.4 Å². The molecule has 0 atom stereocenters. The number of nitriles is 1. The number of ether oxygens (including phenoxy) is 1. The third-order valence-electron chi connectivity index (χ3n) is 3.43. The lowest BCUT2D eigenvalue weighted by molar-refractivity contribution is 0.0983. The van der Waals surface area contributed by atoms with Crippen molar-refractivity contribution >= 4 is 11.8 Å². The molecule has 0 spiro atoms. The Kier molecular flexibility index (Phi) is 4.83. The van der Waals surface area contributed by atoms with Crippen LogP contribution in [0.4, 0.5) is 10.5 Å². The van der Waals surface area contributed by atoms with Gasteiger partial charge in [-0.3, -0.25) is 0 Å². The Balaban J connectivity index is 1.89. The molecule has 2 rings (SSSR count). The number of likely N-dealkylation sites (tertiary alicyclic amines) is 1. The molecular formula is C15H19N3O2. The van der Waals surface area contributed by atoms with Gasteiger partial charge in [0, 0.05) is 19.1 Å². The third-order valence-corrected chi connectivity index (χ3v) is 3.43. The summed E-state index contributed by atoms with van der Waals surface area (Å²) in [5, 5.41) is 12.5. The molecule has 1 aromatic rings. The zero-order chi connectivity index (χ0) is 14.4. The Morgan fingerprint density at radius 3 is 2.80 bits per heavy atom. The average molecular weight is 273 g/mol. The van der Waals surface area contributed by atoms with Gasteiger partial charge in [-0.1, -0.05) is 12.1 Å². The van der Waals surface area contributed by atoms with Gasteiger partial charge in [-0.2, -0.15) is 5.26 Å². The van der Waals surface area contributed by atoms with Crippen LogP contribution < -0.4 is 5.32 Å². The fourth-order valence-electron chi connectivity index (χ4n) is 2.35. The molecule has 0 aromatic heterocycles. The van der Waals surface area contributed by atoms with Crippen LogP contribution in [0.15, 0.2) is 24.3 Å². The molecule has 1 fully saturated rings. The molecule has 1 N–H and O–H groups in total. The number of rotatable bonds is 3. The monoisotopic (exact) mass is 273 g/mol. The number of nitrogens with one attached hydrogen (secondary N) is 1. The smallest absolute Gasteiger partial charge is 0.409 e. The van der Waals surface area contributed by atoms with Crippen molar-refractivity contribution in [1.29, 1.82) is 5.26 Å². The minimum Gasteiger partial charge on any atom is -0.450 e. The predicted molar refractivity (Wildman–Crippen MR) is 76.4 cm³/mol. The second-order valence-corrected chi connectivity index (χ2v) is 4.76. The number of nitrogens with zero attached hydrogens (tertiary/aromatic N) is 2. The number of carbonyl (C=O) groups excluding carboxylic acids is 1. The molecule has 5 heteroatoms. The number of hydrogen-bond acceptors (Lipinski definition) is 4. The van der Waals surface area contributed by atoms with Crippen molar-refractivity contribution in [1.82, 2.24) is 4.90 Å². The highest BCUT2D eigenvalue weighted by Crippen LogP contribution is 2.20. The lowest BCUT2D eigenvalue weighted by Gasteiger charge is -2.32. The normalized spacial score (nSPS) is 15.5. The molecule has 1 heterocycles. The van der Waals surface area contributed by atoms with Crippen LogP contribution in [-0.2, 0) is 4.74 Å². The summed E-state index contributed by atoms with van der Waals surface area (Å²) in [5.74, 6) is 0. The summed E-state index contributed by atoms with van der Waals surface area (Å²) in [7, 11) is 0. The van der Waals surface area contributed by atoms with E-state index in [0.29, 0.717) is 25.3 Å². The molecular weight excluding hydrogens is 254 g/mol. The van der Waals surface area contributed by atoms with Crippen LogP contribution in [-0.4, -0.2) is 36.7 Å². The Hall–Kier alpha value is -2.22. The van der Waals surface area contributed by atoms with Gasteiger partial charge < -0.3 is 15.0 Å². The first-order valence-electron chi connectivity index (χ1n) is 6.92. The Labute approximate surface area is 119 Å². The fraction of sp³-hybridized carbons (Fsp3) is 0.467. The molecule has 1 aromatic carbocycles. The molecule has 106 valence electrons. The standard InChI is InChI=1S/C15H19N3O2/c1-2-20-15(19)18-9-7-13(8-10-18)17-14-6-4-3-5-12(14)11-16/h3-6,13,17H,2,7-10H2,1H3. The molecule has 20 heavy (non-hydrogen) atoms. The van der Waals surface area contributed by atoms with E-state index in [1.54, 1.807) is 11.0 Å². The summed E-state index contributed by atoms with van der Waals surface area (Å²) in [4.78, 5) is 13.3. The molecule has 5 nitrogen and oxygen atoms in total. The van der Waals surface area contributed by atoms with Gasteiger partial charge in [-0.25, -0.2) is 4.79 Å². The van der Waals surface area contributed by atoms with Gasteiger partial charge in [0.05, 0.1) is 17.9 Å². The van der Waals surface area contributed by atoms with E-state index in [1.807, 2.05) is 25.1 Å². The van der Waals surface area contributed by atoms with Gasteiger partial charge >= 0.3 is 6.09 Å². The van der Waals surface area contributed by atoms with E-state index < -0.39 is 0 Å². The summed E-state index contributed by atoms with van der Waals surface area (Å²) in [5.41, 5.74) is 1.52. The fourth-order valence-corrected chi connectivity index (χ4v) is 2.35. The second kappa shape index (κ2) is 6.80. The number of para-hydroxylation sites is 1. The summed E-state index contributed by atoms with van der Waals surface area (Å²) >= 11 is 0. The molecule has 0 saturated carbocycles. The average Bonchev–Trinajstić information content (AvgIpc) is 2.49. The van der Waals surface area contributed by atoms with Crippen molar-refractivity contribution in [2.45, 2.75) is 25.8 Å². The zero-order valence-electron chi connectivity index (χ0n) is 11.6. The van der Waals surface area contributed by atoms with Crippen molar-refractivity contribution in [2.75, 3.05) is 25.0 Å². The third kappa shape index (κ3) is 3.41. The Morgan fingerprint density at radius 2 is 2.15 bits per heavy atom. The molecule has 0 radical (unpaired) electrons. The van der Waals surface area contributed by atoms with Crippen molar-refractivity contribution in [3.63, 3.8) is 0 Å². The van der Waals surface area contributed by atoms with Gasteiger partial charge in [0.25, 0.3) is 0 Å². The zero-order valence-corrected chi connectivity index (χ0v) is 11.6. The molecule has 0 unspecified atom stereocenters. The minimum atomic E-state index is -0.233. The number of benzene rings is 1. The van der Waals surface area contributed by atoms with Crippen molar-refractivity contribution < 1.29 is 9.53 Å². The summed E-state index contributed by atoms with van der Waals surface area (Å²) in [6.07, 6.45) is 1.49. The quantitative estimate of drug-likeness (QED) is 0.919. The first-order valence-corrected chi connectivity index (χ1v) is 6.92. The minimum absolute atomic E-state index is 0.233. The summed E-state index contributed by atoms with van der Waals surface area (Å²) in [6, 6.07) is 9.95. The maximum absolute atomic E-state index is 11.6. The predicted octanol–water partition coefficient (Wildman–Crippen LogP) is 2.59. The van der Waals surface area contributed by atoms with Crippen LogP contribution in [0.25, 0.3) is 0 Å². The van der Waals surface area contributed by atoms with Gasteiger partial charge in [0.1, 0.15) is 6.07 Å². The lowest BCUT2D eigenvalue weighted by Crippen LogP contribution is -2.42. The van der Waals surface area contributed by atoms with E-state index in [-0.39, 0.29) is 12.1 Å². The van der Waals surface area contributed by atoms with Gasteiger partial charge in [-0.05, 0) is 31.9 Å². The molecule has 1 amide bonds. The van der Waals surface area contributed by atoms with Gasteiger partial charge in [-0.15, -0.1) is 0 Å². The summed E-state index contributed by atoms with van der Waals surface area (Å²) in [6.45, 7) is 3.59. The van der Waals surface area contributed by atoms with Crippen LogP contribution >= 0.6 is 0 Å². The van der Waals surface area contributed by atoms with E-state index >= 15 is 0 Å². The number of piperidine rings is 1. The van der Waals surface area contributed by atoms with E-state index in [1.165, 1.54) is 0 Å². The Morgan fingerprint density at radius 1 is 1.45 bits per heavy atom. The van der Waals surface area contributed by atoms with Crippen molar-refractivity contribution in [2.24, 2.45) is 0 Å². The van der Waals surface area contributed by atoms with Crippen LogP contribution in [0, 0.1) is 11.3 Å². The highest BCUT2D eigenvalue weighted by Gasteiger charge is 2.23. The molecule has 0 bridgehead atoms. The number of carbonyl (C=O) groups is 1. The second-order valence-electron chi connectivity index (χ2n) is 4.76. The SMILES string of the molecule is CCOC(=O)N1CCC(Nc2ccccc2C#N)CC1. The van der Waals surface area contributed by atoms with E-state index in [0.717, 1.165) is 18.5 Å². The van der Waals surface area contributed by atoms with Crippen molar-refractivity contribution in [3.8, 4) is 6.07 Å². The molecule has 1 saturated heterocycles. The largest absolute Gasteiger partial charge is 0.450 e. The first kappa shape index (κ1) is 14.2. The van der Waals surface area contributed by atoms with E-state index in [4.69, 9.17) is 10.00 Å². The summed E-state index contributed by atoms with van der Waals surface area (Å²) < 4.78 is 4.99. The van der Waals surface area contributed by atoms with Crippen LogP contribution in [0.5, 0.6) is 0 Å². The number of hydrogen-bond donors (Lipinski definition) is 1. The number of amides is 1. The van der Waals surface area contributed by atoms with Gasteiger partial charge in [0.15, 0.2) is 0 Å². The lowest BCUT2D eigenvalue weighted by atomic mass is 10.0. The molecule has 1 aliphatic rings. The van der Waals surface area contributed by atoms with E-state index in [9.17, 15) is 4.79 Å². The highest BCUT2D eigenvalue weighted by atomic mass is 16.6.